The van der Waals surface area contributed by atoms with Gasteiger partial charge in [0, 0.05) is 11.4 Å². The zero-order valence-corrected chi connectivity index (χ0v) is 16.1. The lowest BCUT2D eigenvalue weighted by atomic mass is 10.1. The van der Waals surface area contributed by atoms with Gasteiger partial charge < -0.3 is 10.5 Å². The summed E-state index contributed by atoms with van der Waals surface area (Å²) in [6.45, 7) is 0.800. The van der Waals surface area contributed by atoms with Gasteiger partial charge in [-0.2, -0.15) is 5.10 Å². The second-order valence-electron chi connectivity index (χ2n) is 6.98. The van der Waals surface area contributed by atoms with Crippen molar-refractivity contribution in [2.75, 3.05) is 12.3 Å². The van der Waals surface area contributed by atoms with Gasteiger partial charge >= 0.3 is 0 Å². The van der Waals surface area contributed by atoms with Crippen molar-refractivity contribution in [2.24, 2.45) is 0 Å². The summed E-state index contributed by atoms with van der Waals surface area (Å²) in [5.41, 5.74) is 7.79. The van der Waals surface area contributed by atoms with E-state index in [1.54, 1.807) is 11.9 Å². The van der Waals surface area contributed by atoms with Crippen LogP contribution in [0.25, 0.3) is 16.3 Å². The Labute approximate surface area is 167 Å². The van der Waals surface area contributed by atoms with Crippen molar-refractivity contribution in [3.63, 3.8) is 0 Å². The lowest BCUT2D eigenvalue weighted by Crippen LogP contribution is -2.21. The van der Waals surface area contributed by atoms with Crippen LogP contribution in [0.5, 0.6) is 0 Å². The summed E-state index contributed by atoms with van der Waals surface area (Å²) < 4.78 is 11.6. The van der Waals surface area contributed by atoms with E-state index in [4.69, 9.17) is 10.5 Å². The summed E-state index contributed by atoms with van der Waals surface area (Å²) >= 11 is 1.65. The first-order valence-electron chi connectivity index (χ1n) is 9.40. The van der Waals surface area contributed by atoms with E-state index >= 15 is 0 Å². The number of hydrogen-bond acceptors (Lipinski definition) is 6. The van der Waals surface area contributed by atoms with Gasteiger partial charge in [-0.3, -0.25) is 4.72 Å². The molecule has 0 radical (unpaired) electrons. The molecule has 6 nitrogen and oxygen atoms in total. The van der Waals surface area contributed by atoms with Gasteiger partial charge in [-0.15, -0.1) is 0 Å². The number of nitrogen functional groups attached to an aromatic ring is 1. The molecule has 0 bridgehead atoms. The number of benzene rings is 2. The summed E-state index contributed by atoms with van der Waals surface area (Å²) in [4.78, 5) is 5.25. The first-order valence-corrected chi connectivity index (χ1v) is 10.2. The largest absolute Gasteiger partial charge is 0.382 e. The monoisotopic (exact) mass is 391 g/mol. The highest BCUT2D eigenvalue weighted by Crippen LogP contribution is 2.34. The number of nitrogens with one attached hydrogen (secondary N) is 1. The normalized spacial score (nSPS) is 19.6. The van der Waals surface area contributed by atoms with Crippen LogP contribution in [0.2, 0.25) is 0 Å². The Morgan fingerprint density at radius 3 is 2.93 bits per heavy atom. The van der Waals surface area contributed by atoms with Crippen LogP contribution < -0.4 is 10.5 Å². The Balaban J connectivity index is 1.20. The summed E-state index contributed by atoms with van der Waals surface area (Å²) in [5, 5.41) is 6.84. The minimum atomic E-state index is 0.0364. The van der Waals surface area contributed by atoms with Crippen molar-refractivity contribution in [3.8, 4) is 0 Å². The maximum Gasteiger partial charge on any atom is 0.151 e. The van der Waals surface area contributed by atoms with E-state index in [2.05, 4.69) is 57.3 Å². The number of nitrogens with zero attached hydrogens (tertiary/aromatic N) is 3. The van der Waals surface area contributed by atoms with Crippen molar-refractivity contribution in [3.05, 3.63) is 66.6 Å². The number of aromatic nitrogens is 3. The van der Waals surface area contributed by atoms with E-state index in [0.29, 0.717) is 5.82 Å². The van der Waals surface area contributed by atoms with Crippen LogP contribution in [-0.4, -0.2) is 27.2 Å². The van der Waals surface area contributed by atoms with E-state index in [-0.39, 0.29) is 12.2 Å². The molecule has 2 unspecified atom stereocenters. The summed E-state index contributed by atoms with van der Waals surface area (Å²) in [7, 11) is 0. The van der Waals surface area contributed by atoms with Gasteiger partial charge in [0.15, 0.2) is 5.82 Å². The summed E-state index contributed by atoms with van der Waals surface area (Å²) in [5.74, 6) is 0.490. The van der Waals surface area contributed by atoms with Crippen LogP contribution >= 0.6 is 11.9 Å². The molecular weight excluding hydrogens is 370 g/mol. The highest BCUT2D eigenvalue weighted by atomic mass is 32.2. The average molecular weight is 392 g/mol. The average Bonchev–Trinajstić information content (AvgIpc) is 3.35. The molecule has 7 heteroatoms. The van der Waals surface area contributed by atoms with Gasteiger partial charge in [-0.1, -0.05) is 30.3 Å². The topological polar surface area (TPSA) is 77.5 Å². The number of rotatable bonds is 5. The zero-order valence-electron chi connectivity index (χ0n) is 15.3. The van der Waals surface area contributed by atoms with E-state index in [1.165, 1.54) is 22.0 Å². The molecule has 3 heterocycles. The SMILES string of the molecule is Nc1ncnn2c(C3CCC(CNSc4ccc5ccccc5c4)O3)ccc12. The van der Waals surface area contributed by atoms with E-state index in [0.717, 1.165) is 30.6 Å². The Kier molecular flexibility index (Phi) is 4.64. The molecular formula is C21H21N5OS. The smallest absolute Gasteiger partial charge is 0.151 e. The van der Waals surface area contributed by atoms with Gasteiger partial charge in [0.2, 0.25) is 0 Å². The van der Waals surface area contributed by atoms with Crippen LogP contribution in [0, 0.1) is 0 Å². The van der Waals surface area contributed by atoms with Crippen LogP contribution in [0.4, 0.5) is 5.82 Å². The van der Waals surface area contributed by atoms with Crippen molar-refractivity contribution in [1.82, 2.24) is 19.3 Å². The second-order valence-corrected chi connectivity index (χ2v) is 7.95. The molecule has 5 rings (SSSR count). The Morgan fingerprint density at radius 1 is 1.11 bits per heavy atom. The molecule has 2 aromatic carbocycles. The molecule has 28 heavy (non-hydrogen) atoms. The highest BCUT2D eigenvalue weighted by molar-refractivity contribution is 7.97. The number of hydrogen-bond donors (Lipinski definition) is 2. The lowest BCUT2D eigenvalue weighted by Gasteiger charge is -2.14. The third kappa shape index (κ3) is 3.32. The predicted molar refractivity (Wildman–Crippen MR) is 112 cm³/mol. The first kappa shape index (κ1) is 17.5. The molecule has 1 saturated heterocycles. The minimum Gasteiger partial charge on any atom is -0.382 e. The Bertz CT molecular complexity index is 1130. The van der Waals surface area contributed by atoms with Crippen molar-refractivity contribution < 1.29 is 4.74 Å². The summed E-state index contributed by atoms with van der Waals surface area (Å²) in [6, 6.07) is 18.9. The van der Waals surface area contributed by atoms with Gasteiger partial charge in [0.1, 0.15) is 17.9 Å². The Morgan fingerprint density at radius 2 is 2.00 bits per heavy atom. The fourth-order valence-corrected chi connectivity index (χ4v) is 4.50. The standard InChI is InChI=1S/C21H21N5OS/c22-21-19-9-8-18(26(19)24-13-23-21)20-10-6-16(27-20)12-25-28-17-7-5-14-3-1-2-4-15(14)11-17/h1-5,7-9,11,13,16,20,25H,6,10,12H2,(H2,22,23,24). The third-order valence-electron chi connectivity index (χ3n) is 5.17. The number of nitrogens with two attached hydrogens (primary N) is 1. The molecule has 0 amide bonds. The van der Waals surface area contributed by atoms with E-state index in [1.807, 2.05) is 16.6 Å². The number of anilines is 1. The first-order chi connectivity index (χ1) is 13.8. The van der Waals surface area contributed by atoms with E-state index in [9.17, 15) is 0 Å². The lowest BCUT2D eigenvalue weighted by molar-refractivity contribution is 0.0448. The van der Waals surface area contributed by atoms with Crippen LogP contribution in [0.1, 0.15) is 24.6 Å². The van der Waals surface area contributed by atoms with Crippen molar-refractivity contribution in [2.45, 2.75) is 29.9 Å². The van der Waals surface area contributed by atoms with Gasteiger partial charge in [0.05, 0.1) is 11.8 Å². The molecule has 1 aliphatic heterocycles. The van der Waals surface area contributed by atoms with Gasteiger partial charge in [0.25, 0.3) is 0 Å². The molecule has 1 fully saturated rings. The molecule has 2 atom stereocenters. The molecule has 2 aromatic heterocycles. The van der Waals surface area contributed by atoms with Crippen molar-refractivity contribution >= 4 is 34.1 Å². The third-order valence-corrected chi connectivity index (χ3v) is 5.97. The van der Waals surface area contributed by atoms with Gasteiger partial charge in [-0.25, -0.2) is 9.50 Å². The van der Waals surface area contributed by atoms with E-state index < -0.39 is 0 Å². The maximum absolute atomic E-state index is 6.26. The molecule has 4 aromatic rings. The van der Waals surface area contributed by atoms with Crippen LogP contribution in [-0.2, 0) is 4.74 Å². The fraction of sp³-hybridized carbons (Fsp3) is 0.238. The molecule has 3 N–H and O–H groups in total. The quantitative estimate of drug-likeness (QED) is 0.501. The van der Waals surface area contributed by atoms with Crippen LogP contribution in [0.3, 0.4) is 0 Å². The second kappa shape index (κ2) is 7.43. The number of fused-ring (bicyclic) bond motifs is 2. The zero-order chi connectivity index (χ0) is 18.9. The van der Waals surface area contributed by atoms with Crippen molar-refractivity contribution in [1.29, 1.82) is 0 Å². The molecule has 0 aliphatic carbocycles. The predicted octanol–water partition coefficient (Wildman–Crippen LogP) is 3.98. The summed E-state index contributed by atoms with van der Waals surface area (Å²) in [6.07, 6.45) is 3.70. The van der Waals surface area contributed by atoms with Gasteiger partial charge in [-0.05, 0) is 59.8 Å². The van der Waals surface area contributed by atoms with Crippen LogP contribution in [0.15, 0.2) is 65.8 Å². The molecule has 142 valence electrons. The highest BCUT2D eigenvalue weighted by Gasteiger charge is 2.28. The molecule has 0 spiro atoms. The number of ether oxygens (including phenoxy) is 1. The fourth-order valence-electron chi connectivity index (χ4n) is 3.74. The molecule has 1 aliphatic rings. The minimum absolute atomic E-state index is 0.0364. The maximum atomic E-state index is 6.26. The molecule has 0 saturated carbocycles. The Hall–Kier alpha value is -2.61.